The molecule has 2 aromatic carbocycles. The lowest BCUT2D eigenvalue weighted by molar-refractivity contribution is -0.137. The third-order valence-electron chi connectivity index (χ3n) is 3.38. The van der Waals surface area contributed by atoms with Crippen LogP contribution in [0.5, 0.6) is 5.75 Å². The van der Waals surface area contributed by atoms with E-state index in [1.54, 1.807) is 6.07 Å². The summed E-state index contributed by atoms with van der Waals surface area (Å²) >= 11 is 0. The largest absolute Gasteiger partial charge is 0.491 e. The van der Waals surface area contributed by atoms with Crippen LogP contribution < -0.4 is 9.46 Å². The second-order valence-corrected chi connectivity index (χ2v) is 7.11. The summed E-state index contributed by atoms with van der Waals surface area (Å²) in [6.07, 6.45) is -4.78. The number of alkyl halides is 3. The van der Waals surface area contributed by atoms with Crippen molar-refractivity contribution >= 4 is 15.7 Å². The van der Waals surface area contributed by atoms with E-state index in [0.717, 1.165) is 12.1 Å². The fourth-order valence-electron chi connectivity index (χ4n) is 2.07. The Balaban J connectivity index is 1.89. The Morgan fingerprint density at radius 2 is 1.84 bits per heavy atom. The van der Waals surface area contributed by atoms with Crippen LogP contribution in [-0.2, 0) is 20.9 Å². The number of hydrogen-bond donors (Lipinski definition) is 1. The summed E-state index contributed by atoms with van der Waals surface area (Å²) in [5.74, 6) is -0.0870. The Bertz CT molecular complexity index is 849. The van der Waals surface area contributed by atoms with Crippen LogP contribution in [0.25, 0.3) is 0 Å². The minimum absolute atomic E-state index is 0.0544. The van der Waals surface area contributed by atoms with Crippen molar-refractivity contribution < 1.29 is 31.1 Å². The Kier molecular flexibility index (Phi) is 4.61. The number of epoxide rings is 1. The molecule has 0 amide bonds. The Hall–Kier alpha value is -2.26. The molecule has 2 aromatic rings. The first-order chi connectivity index (χ1) is 11.7. The van der Waals surface area contributed by atoms with Gasteiger partial charge in [-0.25, -0.2) is 8.42 Å². The van der Waals surface area contributed by atoms with Crippen LogP contribution in [0.1, 0.15) is 5.56 Å². The molecular formula is C16H14F3NO4S. The van der Waals surface area contributed by atoms with Gasteiger partial charge >= 0.3 is 6.18 Å². The Labute approximate surface area is 142 Å². The minimum atomic E-state index is -4.64. The molecule has 25 heavy (non-hydrogen) atoms. The zero-order valence-corrected chi connectivity index (χ0v) is 13.6. The maximum Gasteiger partial charge on any atom is 0.416 e. The Morgan fingerprint density at radius 1 is 1.16 bits per heavy atom. The van der Waals surface area contributed by atoms with Crippen LogP contribution in [0.4, 0.5) is 18.9 Å². The molecule has 1 aliphatic rings. The molecule has 5 nitrogen and oxygen atoms in total. The molecule has 9 heteroatoms. The molecule has 0 aromatic heterocycles. The molecule has 0 radical (unpaired) electrons. The van der Waals surface area contributed by atoms with Gasteiger partial charge in [-0.15, -0.1) is 0 Å². The molecule has 0 spiro atoms. The molecule has 1 fully saturated rings. The number of anilines is 1. The molecule has 3 rings (SSSR count). The van der Waals surface area contributed by atoms with Crippen LogP contribution in [0.3, 0.4) is 0 Å². The lowest BCUT2D eigenvalue weighted by Crippen LogP contribution is -2.14. The molecule has 1 heterocycles. The van der Waals surface area contributed by atoms with E-state index in [1.165, 1.54) is 30.3 Å². The molecule has 1 aliphatic heterocycles. The van der Waals surface area contributed by atoms with E-state index in [0.29, 0.717) is 6.61 Å². The summed E-state index contributed by atoms with van der Waals surface area (Å²) in [6.45, 7) is 0.596. The van der Waals surface area contributed by atoms with Crippen molar-refractivity contribution in [3.8, 4) is 5.75 Å². The van der Waals surface area contributed by atoms with Gasteiger partial charge in [0.1, 0.15) is 18.5 Å². The van der Waals surface area contributed by atoms with Crippen molar-refractivity contribution in [2.45, 2.75) is 17.2 Å². The first-order valence-electron chi connectivity index (χ1n) is 7.28. The highest BCUT2D eigenvalue weighted by molar-refractivity contribution is 7.92. The van der Waals surface area contributed by atoms with Gasteiger partial charge in [-0.2, -0.15) is 13.2 Å². The predicted octanol–water partition coefficient (Wildman–Crippen LogP) is 3.28. The highest BCUT2D eigenvalue weighted by atomic mass is 32.2. The van der Waals surface area contributed by atoms with E-state index in [-0.39, 0.29) is 29.0 Å². The van der Waals surface area contributed by atoms with Gasteiger partial charge in [-0.1, -0.05) is 18.2 Å². The van der Waals surface area contributed by atoms with Crippen molar-refractivity contribution in [1.82, 2.24) is 0 Å². The van der Waals surface area contributed by atoms with Crippen LogP contribution in [-0.4, -0.2) is 27.7 Å². The zero-order valence-electron chi connectivity index (χ0n) is 12.8. The lowest BCUT2D eigenvalue weighted by Gasteiger charge is -2.14. The first-order valence-corrected chi connectivity index (χ1v) is 8.77. The number of nitrogens with one attached hydrogen (secondary N) is 1. The first kappa shape index (κ1) is 17.6. The number of hydrogen-bond acceptors (Lipinski definition) is 4. The molecule has 0 saturated carbocycles. The molecule has 0 bridgehead atoms. The smallest absolute Gasteiger partial charge is 0.416 e. The summed E-state index contributed by atoms with van der Waals surface area (Å²) in [5.41, 5.74) is -1.24. The highest BCUT2D eigenvalue weighted by Gasteiger charge is 2.32. The predicted molar refractivity (Wildman–Crippen MR) is 83.9 cm³/mol. The minimum Gasteiger partial charge on any atom is -0.491 e. The van der Waals surface area contributed by atoms with Gasteiger partial charge in [-0.05, 0) is 24.3 Å². The lowest BCUT2D eigenvalue weighted by atomic mass is 10.2. The summed E-state index contributed by atoms with van der Waals surface area (Å²) in [4.78, 5) is -0.0544. The third-order valence-corrected chi connectivity index (χ3v) is 4.78. The Morgan fingerprint density at radius 3 is 2.44 bits per heavy atom. The standard InChI is InChI=1S/C16H14F3NO4S/c17-16(18,19)11-6-12(8-13(7-11)23-9-14-10-24-14)20-25(21,22)15-4-2-1-3-5-15/h1-8,14,20H,9-10H2. The van der Waals surface area contributed by atoms with E-state index >= 15 is 0 Å². The number of halogens is 3. The van der Waals surface area contributed by atoms with Crippen molar-refractivity contribution in [2.24, 2.45) is 0 Å². The number of ether oxygens (including phenoxy) is 2. The molecule has 1 unspecified atom stereocenters. The molecule has 1 atom stereocenters. The van der Waals surface area contributed by atoms with Gasteiger partial charge in [-0.3, -0.25) is 4.72 Å². The maximum atomic E-state index is 13.1. The van der Waals surface area contributed by atoms with Crippen LogP contribution >= 0.6 is 0 Å². The van der Waals surface area contributed by atoms with Crippen LogP contribution in [0, 0.1) is 0 Å². The topological polar surface area (TPSA) is 67.9 Å². The van der Waals surface area contributed by atoms with E-state index < -0.39 is 21.8 Å². The van der Waals surface area contributed by atoms with Crippen molar-refractivity contribution in [3.05, 3.63) is 54.1 Å². The van der Waals surface area contributed by atoms with Crippen LogP contribution in [0.15, 0.2) is 53.4 Å². The fraction of sp³-hybridized carbons (Fsp3) is 0.250. The third kappa shape index (κ3) is 4.64. The zero-order chi connectivity index (χ0) is 18.1. The fourth-order valence-corrected chi connectivity index (χ4v) is 3.13. The van der Waals surface area contributed by atoms with Crippen LogP contribution in [0.2, 0.25) is 0 Å². The molecule has 134 valence electrons. The monoisotopic (exact) mass is 373 g/mol. The normalized spacial score (nSPS) is 17.2. The van der Waals surface area contributed by atoms with Gasteiger partial charge < -0.3 is 9.47 Å². The van der Waals surface area contributed by atoms with Gasteiger partial charge in [0, 0.05) is 6.07 Å². The van der Waals surface area contributed by atoms with Gasteiger partial charge in [0.05, 0.1) is 22.8 Å². The molecule has 0 aliphatic carbocycles. The molecule has 1 N–H and O–H groups in total. The second-order valence-electron chi connectivity index (χ2n) is 5.43. The SMILES string of the molecule is O=S(=O)(Nc1cc(OCC2CO2)cc(C(F)(F)F)c1)c1ccccc1. The van der Waals surface area contributed by atoms with Crippen molar-refractivity contribution in [3.63, 3.8) is 0 Å². The van der Waals surface area contributed by atoms with E-state index in [9.17, 15) is 21.6 Å². The van der Waals surface area contributed by atoms with Gasteiger partial charge in [0.15, 0.2) is 0 Å². The van der Waals surface area contributed by atoms with E-state index in [1.807, 2.05) is 0 Å². The van der Waals surface area contributed by atoms with Gasteiger partial charge in [0.2, 0.25) is 0 Å². The summed E-state index contributed by atoms with van der Waals surface area (Å²) < 4.78 is 76.1. The highest BCUT2D eigenvalue weighted by Crippen LogP contribution is 2.35. The van der Waals surface area contributed by atoms with E-state index in [2.05, 4.69) is 4.72 Å². The summed E-state index contributed by atoms with van der Waals surface area (Å²) in [7, 11) is -4.01. The van der Waals surface area contributed by atoms with E-state index in [4.69, 9.17) is 9.47 Å². The maximum absolute atomic E-state index is 13.1. The molecular weight excluding hydrogens is 359 g/mol. The quantitative estimate of drug-likeness (QED) is 0.789. The second kappa shape index (κ2) is 6.57. The summed E-state index contributed by atoms with van der Waals surface area (Å²) in [6, 6.07) is 10.1. The van der Waals surface area contributed by atoms with Gasteiger partial charge in [0.25, 0.3) is 10.0 Å². The average molecular weight is 373 g/mol. The molecule has 1 saturated heterocycles. The number of rotatable bonds is 6. The summed E-state index contributed by atoms with van der Waals surface area (Å²) in [5, 5.41) is 0. The average Bonchev–Trinajstić information content (AvgIpc) is 3.37. The van der Waals surface area contributed by atoms with Crippen molar-refractivity contribution in [1.29, 1.82) is 0 Å². The number of benzene rings is 2. The number of sulfonamides is 1. The van der Waals surface area contributed by atoms with Crippen molar-refractivity contribution in [2.75, 3.05) is 17.9 Å².